The van der Waals surface area contributed by atoms with Gasteiger partial charge in [0.2, 0.25) is 5.91 Å². The summed E-state index contributed by atoms with van der Waals surface area (Å²) in [5, 5.41) is 0. The van der Waals surface area contributed by atoms with E-state index in [0.717, 1.165) is 32.6 Å². The van der Waals surface area contributed by atoms with Gasteiger partial charge >= 0.3 is 0 Å². The minimum absolute atomic E-state index is 0.0298. The molecule has 0 N–H and O–H groups in total. The zero-order valence-corrected chi connectivity index (χ0v) is 20.0. The van der Waals surface area contributed by atoms with Gasteiger partial charge in [-0.15, -0.1) is 0 Å². The van der Waals surface area contributed by atoms with E-state index in [2.05, 4.69) is 15.9 Å². The van der Waals surface area contributed by atoms with Gasteiger partial charge in [0.05, 0.1) is 32.8 Å². The van der Waals surface area contributed by atoms with Crippen LogP contribution in [0, 0.1) is 0 Å². The first-order valence-electron chi connectivity index (χ1n) is 10.7. The molecule has 3 aromatic rings. The molecule has 1 atom stereocenters. The number of carbonyl (C=O) groups is 1. The number of nitrogens with zero attached hydrogens (tertiary/aromatic N) is 1. The summed E-state index contributed by atoms with van der Waals surface area (Å²) >= 11 is 3.52. The van der Waals surface area contributed by atoms with E-state index in [0.29, 0.717) is 31.1 Å². The second-order valence-electron chi connectivity index (χ2n) is 7.46. The highest BCUT2D eigenvalue weighted by atomic mass is 79.9. The van der Waals surface area contributed by atoms with E-state index in [-0.39, 0.29) is 11.9 Å². The third-order valence-electron chi connectivity index (χ3n) is 5.50. The molecule has 0 saturated carbocycles. The summed E-state index contributed by atoms with van der Waals surface area (Å²) in [6.45, 7) is 4.95. The Balaban J connectivity index is 1.89. The molecule has 6 heteroatoms. The lowest BCUT2D eigenvalue weighted by molar-refractivity contribution is -0.118. The van der Waals surface area contributed by atoms with Crippen molar-refractivity contribution in [2.75, 3.05) is 25.2 Å². The van der Waals surface area contributed by atoms with Crippen LogP contribution in [0.1, 0.15) is 36.6 Å². The van der Waals surface area contributed by atoms with Crippen LogP contribution in [0.25, 0.3) is 0 Å². The highest BCUT2D eigenvalue weighted by Gasteiger charge is 2.36. The lowest BCUT2D eigenvalue weighted by Crippen LogP contribution is -2.41. The molecule has 4 rings (SSSR count). The number of carbonyl (C=O) groups excluding carboxylic acids is 1. The Morgan fingerprint density at radius 1 is 0.938 bits per heavy atom. The van der Waals surface area contributed by atoms with Crippen molar-refractivity contribution < 1.29 is 19.0 Å². The maximum absolute atomic E-state index is 13.5. The number of benzene rings is 3. The summed E-state index contributed by atoms with van der Waals surface area (Å²) in [6.07, 6.45) is 0.293. The summed E-state index contributed by atoms with van der Waals surface area (Å²) < 4.78 is 18.0. The van der Waals surface area contributed by atoms with Gasteiger partial charge in [0.25, 0.3) is 0 Å². The predicted octanol–water partition coefficient (Wildman–Crippen LogP) is 5.93. The van der Waals surface area contributed by atoms with Crippen molar-refractivity contribution in [2.24, 2.45) is 0 Å². The molecular formula is C26H26BrNO4. The zero-order chi connectivity index (χ0) is 22.7. The van der Waals surface area contributed by atoms with Crippen LogP contribution >= 0.6 is 15.9 Å². The maximum Gasteiger partial charge on any atom is 0.232 e. The van der Waals surface area contributed by atoms with Gasteiger partial charge in [-0.2, -0.15) is 0 Å². The predicted molar refractivity (Wildman–Crippen MR) is 129 cm³/mol. The SMILES string of the molecule is CCOc1cc2c(cc1OCC)[C@@H](c1ccc(Br)cc1)N(c1ccc(OC)cc1)C(=O)C2. The molecule has 0 saturated heterocycles. The van der Waals surface area contributed by atoms with E-state index in [9.17, 15) is 4.79 Å². The van der Waals surface area contributed by atoms with E-state index in [1.54, 1.807) is 7.11 Å². The van der Waals surface area contributed by atoms with Gasteiger partial charge in [0.15, 0.2) is 11.5 Å². The molecule has 0 spiro atoms. The minimum Gasteiger partial charge on any atom is -0.497 e. The number of methoxy groups -OCH3 is 1. The number of anilines is 1. The molecule has 1 heterocycles. The highest BCUT2D eigenvalue weighted by molar-refractivity contribution is 9.10. The Morgan fingerprint density at radius 2 is 1.56 bits per heavy atom. The van der Waals surface area contributed by atoms with Crippen molar-refractivity contribution in [2.45, 2.75) is 26.3 Å². The van der Waals surface area contributed by atoms with Gasteiger partial charge in [-0.25, -0.2) is 0 Å². The van der Waals surface area contributed by atoms with E-state index in [1.807, 2.05) is 79.4 Å². The zero-order valence-electron chi connectivity index (χ0n) is 18.4. The number of ether oxygens (including phenoxy) is 3. The van der Waals surface area contributed by atoms with Gasteiger partial charge in [-0.1, -0.05) is 28.1 Å². The van der Waals surface area contributed by atoms with Crippen molar-refractivity contribution in [1.82, 2.24) is 0 Å². The van der Waals surface area contributed by atoms with Crippen LogP contribution in [-0.2, 0) is 11.2 Å². The minimum atomic E-state index is -0.289. The first-order valence-corrected chi connectivity index (χ1v) is 11.5. The van der Waals surface area contributed by atoms with Crippen LogP contribution in [-0.4, -0.2) is 26.2 Å². The van der Waals surface area contributed by atoms with Crippen LogP contribution in [0.5, 0.6) is 17.2 Å². The monoisotopic (exact) mass is 495 g/mol. The normalized spacial score (nSPS) is 15.3. The summed E-state index contributed by atoms with van der Waals surface area (Å²) in [5.41, 5.74) is 3.83. The molecular weight excluding hydrogens is 470 g/mol. The molecule has 0 unspecified atom stereocenters. The topological polar surface area (TPSA) is 48.0 Å². The number of halogens is 1. The largest absolute Gasteiger partial charge is 0.497 e. The van der Waals surface area contributed by atoms with Crippen LogP contribution in [0.4, 0.5) is 5.69 Å². The quantitative estimate of drug-likeness (QED) is 0.407. The van der Waals surface area contributed by atoms with E-state index < -0.39 is 0 Å². The fourth-order valence-corrected chi connectivity index (χ4v) is 4.37. The molecule has 0 bridgehead atoms. The summed E-state index contributed by atoms with van der Waals surface area (Å²) in [4.78, 5) is 15.3. The molecule has 1 amide bonds. The molecule has 0 radical (unpaired) electrons. The lowest BCUT2D eigenvalue weighted by atomic mass is 9.87. The maximum atomic E-state index is 13.5. The van der Waals surface area contributed by atoms with Gasteiger partial charge in [0.1, 0.15) is 5.75 Å². The Bertz CT molecular complexity index is 1100. The number of fused-ring (bicyclic) bond motifs is 1. The van der Waals surface area contributed by atoms with E-state index >= 15 is 0 Å². The third-order valence-corrected chi connectivity index (χ3v) is 6.03. The smallest absolute Gasteiger partial charge is 0.232 e. The molecule has 1 aliphatic rings. The summed E-state index contributed by atoms with van der Waals surface area (Å²) in [7, 11) is 1.63. The molecule has 32 heavy (non-hydrogen) atoms. The summed E-state index contributed by atoms with van der Waals surface area (Å²) in [6, 6.07) is 19.4. The second-order valence-corrected chi connectivity index (χ2v) is 8.37. The van der Waals surface area contributed by atoms with Crippen LogP contribution in [0.2, 0.25) is 0 Å². The fraction of sp³-hybridized carbons (Fsp3) is 0.269. The average molecular weight is 496 g/mol. The van der Waals surface area contributed by atoms with Crippen molar-refractivity contribution in [3.8, 4) is 17.2 Å². The fourth-order valence-electron chi connectivity index (χ4n) is 4.10. The molecule has 0 aliphatic carbocycles. The van der Waals surface area contributed by atoms with Gasteiger partial charge in [-0.05, 0) is 79.1 Å². The Hall–Kier alpha value is -2.99. The van der Waals surface area contributed by atoms with Crippen molar-refractivity contribution in [3.63, 3.8) is 0 Å². The average Bonchev–Trinajstić information content (AvgIpc) is 2.80. The molecule has 5 nitrogen and oxygen atoms in total. The number of rotatable bonds is 7. The molecule has 0 aromatic heterocycles. The Kier molecular flexibility index (Phi) is 6.70. The molecule has 1 aliphatic heterocycles. The Morgan fingerprint density at radius 3 is 2.16 bits per heavy atom. The van der Waals surface area contributed by atoms with Crippen molar-refractivity contribution in [3.05, 3.63) is 81.8 Å². The third kappa shape index (κ3) is 4.32. The lowest BCUT2D eigenvalue weighted by Gasteiger charge is -2.38. The van der Waals surface area contributed by atoms with Crippen LogP contribution in [0.15, 0.2) is 65.1 Å². The molecule has 166 valence electrons. The van der Waals surface area contributed by atoms with Crippen LogP contribution < -0.4 is 19.1 Å². The highest BCUT2D eigenvalue weighted by Crippen LogP contribution is 2.43. The molecule has 3 aromatic carbocycles. The van der Waals surface area contributed by atoms with Crippen LogP contribution in [0.3, 0.4) is 0 Å². The van der Waals surface area contributed by atoms with Gasteiger partial charge in [0, 0.05) is 10.2 Å². The first-order chi connectivity index (χ1) is 15.5. The van der Waals surface area contributed by atoms with E-state index in [1.165, 1.54) is 0 Å². The van der Waals surface area contributed by atoms with Gasteiger partial charge < -0.3 is 19.1 Å². The summed E-state index contributed by atoms with van der Waals surface area (Å²) in [5.74, 6) is 2.15. The number of hydrogen-bond donors (Lipinski definition) is 0. The van der Waals surface area contributed by atoms with Gasteiger partial charge in [-0.3, -0.25) is 4.79 Å². The number of amides is 1. The van der Waals surface area contributed by atoms with Crippen molar-refractivity contribution in [1.29, 1.82) is 0 Å². The first kappa shape index (κ1) is 22.2. The van der Waals surface area contributed by atoms with Crippen molar-refractivity contribution >= 4 is 27.5 Å². The molecule has 0 fully saturated rings. The standard InChI is InChI=1S/C26H26BrNO4/c1-4-31-23-14-18-15-25(29)28(20-10-12-21(30-3)13-11-20)26(17-6-8-19(27)9-7-17)22(18)16-24(23)32-5-2/h6-14,16,26H,4-5,15H2,1-3H3/t26-/m1/s1. The Labute approximate surface area is 197 Å². The van der Waals surface area contributed by atoms with E-state index in [4.69, 9.17) is 14.2 Å². The number of hydrogen-bond acceptors (Lipinski definition) is 4. The second kappa shape index (κ2) is 9.65.